The van der Waals surface area contributed by atoms with Crippen LogP contribution in [0.3, 0.4) is 0 Å². The van der Waals surface area contributed by atoms with Gasteiger partial charge in [-0.25, -0.2) is 23.1 Å². The van der Waals surface area contributed by atoms with E-state index in [4.69, 9.17) is 11.6 Å². The van der Waals surface area contributed by atoms with E-state index >= 15 is 0 Å². The van der Waals surface area contributed by atoms with E-state index < -0.39 is 10.0 Å². The maximum absolute atomic E-state index is 12.3. The lowest BCUT2D eigenvalue weighted by Crippen LogP contribution is -2.26. The smallest absolute Gasteiger partial charge is 0.225 e. The molecule has 0 saturated carbocycles. The minimum atomic E-state index is -3.48. The topological polar surface area (TPSA) is 75.2 Å². The monoisotopic (exact) mass is 380 g/mol. The number of sulfonamides is 1. The molecular formula is C17H21ClN4O2S. The van der Waals surface area contributed by atoms with E-state index in [2.05, 4.69) is 19.6 Å². The molecule has 8 heteroatoms. The van der Waals surface area contributed by atoms with E-state index in [1.54, 1.807) is 24.3 Å². The number of nitrogens with one attached hydrogen (secondary N) is 1. The number of aryl methyl sites for hydroxylation is 1. The van der Waals surface area contributed by atoms with Gasteiger partial charge >= 0.3 is 0 Å². The minimum Gasteiger partial charge on any atom is -0.341 e. The van der Waals surface area contributed by atoms with Crippen molar-refractivity contribution in [3.8, 4) is 0 Å². The minimum absolute atomic E-state index is 0.114. The second kappa shape index (κ2) is 7.68. The van der Waals surface area contributed by atoms with Crippen LogP contribution in [0.15, 0.2) is 30.3 Å². The fourth-order valence-corrected chi connectivity index (χ4v) is 4.15. The third-order valence-corrected chi connectivity index (χ3v) is 5.54. The average Bonchev–Trinajstić information content (AvgIpc) is 3.07. The van der Waals surface area contributed by atoms with Gasteiger partial charge in [0.05, 0.1) is 18.0 Å². The van der Waals surface area contributed by atoms with E-state index in [1.165, 1.54) is 0 Å². The normalized spacial score (nSPS) is 14.9. The summed E-state index contributed by atoms with van der Waals surface area (Å²) >= 11 is 5.91. The molecular weight excluding hydrogens is 360 g/mol. The van der Waals surface area contributed by atoms with Gasteiger partial charge in [-0.15, -0.1) is 0 Å². The number of rotatable bonds is 6. The fourth-order valence-electron chi connectivity index (χ4n) is 2.85. The molecule has 2 aromatic rings. The molecule has 1 N–H and O–H groups in total. The Hall–Kier alpha value is -1.70. The lowest BCUT2D eigenvalue weighted by atomic mass is 10.2. The van der Waals surface area contributed by atoms with Gasteiger partial charge in [-0.2, -0.15) is 0 Å². The molecule has 6 nitrogen and oxygen atoms in total. The summed E-state index contributed by atoms with van der Waals surface area (Å²) < 4.78 is 27.2. The van der Waals surface area contributed by atoms with E-state index in [0.717, 1.165) is 31.6 Å². The average molecular weight is 381 g/mol. The number of benzene rings is 1. The van der Waals surface area contributed by atoms with Crippen molar-refractivity contribution in [3.05, 3.63) is 52.3 Å². The molecule has 0 atom stereocenters. The highest BCUT2D eigenvalue weighted by Crippen LogP contribution is 2.17. The first-order chi connectivity index (χ1) is 11.9. The lowest BCUT2D eigenvalue weighted by Gasteiger charge is -2.16. The fraction of sp³-hybridized carbons (Fsp3) is 0.412. The zero-order valence-corrected chi connectivity index (χ0v) is 15.6. The summed E-state index contributed by atoms with van der Waals surface area (Å²) in [5.41, 5.74) is 2.15. The van der Waals surface area contributed by atoms with Crippen LogP contribution in [0.4, 0.5) is 5.95 Å². The van der Waals surface area contributed by atoms with Gasteiger partial charge in [0.15, 0.2) is 0 Å². The molecule has 134 valence electrons. The third kappa shape index (κ3) is 5.14. The van der Waals surface area contributed by atoms with Gasteiger partial charge < -0.3 is 4.90 Å². The molecule has 1 aliphatic rings. The molecule has 0 unspecified atom stereocenters. The zero-order valence-electron chi connectivity index (χ0n) is 14.1. The maximum atomic E-state index is 12.3. The summed E-state index contributed by atoms with van der Waals surface area (Å²) in [5.74, 6) is 0.568. The van der Waals surface area contributed by atoms with Crippen LogP contribution in [0.25, 0.3) is 0 Å². The molecule has 0 amide bonds. The predicted molar refractivity (Wildman–Crippen MR) is 99.1 cm³/mol. The molecule has 2 heterocycles. The molecule has 0 aliphatic carbocycles. The zero-order chi connectivity index (χ0) is 17.9. The van der Waals surface area contributed by atoms with Crippen LogP contribution in [0.1, 0.15) is 29.8 Å². The number of aromatic nitrogens is 2. The van der Waals surface area contributed by atoms with Crippen LogP contribution in [0.2, 0.25) is 5.02 Å². The number of hydrogen-bond donors (Lipinski definition) is 1. The van der Waals surface area contributed by atoms with Crippen molar-refractivity contribution in [1.29, 1.82) is 0 Å². The first-order valence-electron chi connectivity index (χ1n) is 8.22. The number of anilines is 1. The van der Waals surface area contributed by atoms with Gasteiger partial charge in [0.1, 0.15) is 0 Å². The standard InChI is InChI=1S/C17H21ClN4O2S/c1-13-9-16(21-17(20-13)22-7-2-3-8-22)11-19-25(23,24)12-14-5-4-6-15(18)10-14/h4-6,9-10,19H,2-3,7-8,11-12H2,1H3. The summed E-state index contributed by atoms with van der Waals surface area (Å²) in [6.45, 7) is 3.94. The summed E-state index contributed by atoms with van der Waals surface area (Å²) in [6.07, 6.45) is 2.28. The second-order valence-electron chi connectivity index (χ2n) is 6.20. The molecule has 0 radical (unpaired) electrons. The van der Waals surface area contributed by atoms with Crippen LogP contribution in [-0.4, -0.2) is 31.5 Å². The van der Waals surface area contributed by atoms with Crippen LogP contribution < -0.4 is 9.62 Å². The molecule has 0 spiro atoms. The maximum Gasteiger partial charge on any atom is 0.225 e. The number of hydrogen-bond acceptors (Lipinski definition) is 5. The molecule has 25 heavy (non-hydrogen) atoms. The van der Waals surface area contributed by atoms with Crippen molar-refractivity contribution >= 4 is 27.6 Å². The Labute approximate surface area is 153 Å². The van der Waals surface area contributed by atoms with Gasteiger partial charge in [0.25, 0.3) is 0 Å². The first-order valence-corrected chi connectivity index (χ1v) is 10.3. The van der Waals surface area contributed by atoms with Crippen molar-refractivity contribution in [2.75, 3.05) is 18.0 Å². The highest BCUT2D eigenvalue weighted by atomic mass is 35.5. The van der Waals surface area contributed by atoms with Gasteiger partial charge in [0.2, 0.25) is 16.0 Å². The Balaban J connectivity index is 1.67. The summed E-state index contributed by atoms with van der Waals surface area (Å²) in [6, 6.07) is 8.66. The van der Waals surface area contributed by atoms with Gasteiger partial charge in [-0.1, -0.05) is 23.7 Å². The molecule has 1 aromatic heterocycles. The molecule has 1 aliphatic heterocycles. The van der Waals surface area contributed by atoms with Crippen molar-refractivity contribution in [2.24, 2.45) is 0 Å². The summed E-state index contributed by atoms with van der Waals surface area (Å²) in [5, 5.41) is 0.523. The lowest BCUT2D eigenvalue weighted by molar-refractivity contribution is 0.579. The van der Waals surface area contributed by atoms with Crippen LogP contribution >= 0.6 is 11.6 Å². The summed E-state index contributed by atoms with van der Waals surface area (Å²) in [4.78, 5) is 11.1. The summed E-state index contributed by atoms with van der Waals surface area (Å²) in [7, 11) is -3.48. The molecule has 0 bridgehead atoms. The Bertz CT molecular complexity index is 851. The van der Waals surface area contributed by atoms with Gasteiger partial charge in [0, 0.05) is 23.8 Å². The second-order valence-corrected chi connectivity index (χ2v) is 8.45. The Morgan fingerprint density at radius 1 is 1.20 bits per heavy atom. The molecule has 1 aromatic carbocycles. The van der Waals surface area contributed by atoms with E-state index in [-0.39, 0.29) is 12.3 Å². The molecule has 1 saturated heterocycles. The Kier molecular flexibility index (Phi) is 5.56. The quantitative estimate of drug-likeness (QED) is 0.833. The van der Waals surface area contributed by atoms with Crippen LogP contribution in [0.5, 0.6) is 0 Å². The highest BCUT2D eigenvalue weighted by Gasteiger charge is 2.17. The SMILES string of the molecule is Cc1cc(CNS(=O)(=O)Cc2cccc(Cl)c2)nc(N2CCCC2)n1. The predicted octanol–water partition coefficient (Wildman–Crippen LogP) is 2.66. The van der Waals surface area contributed by atoms with E-state index in [1.807, 2.05) is 13.0 Å². The van der Waals surface area contributed by atoms with E-state index in [0.29, 0.717) is 22.2 Å². The third-order valence-electron chi connectivity index (χ3n) is 4.00. The van der Waals surface area contributed by atoms with Gasteiger partial charge in [-0.3, -0.25) is 0 Å². The Morgan fingerprint density at radius 2 is 1.96 bits per heavy atom. The highest BCUT2D eigenvalue weighted by molar-refractivity contribution is 7.88. The molecule has 3 rings (SSSR count). The van der Waals surface area contributed by atoms with Crippen molar-refractivity contribution < 1.29 is 8.42 Å². The first kappa shape index (κ1) is 18.1. The number of halogens is 1. The Morgan fingerprint density at radius 3 is 2.68 bits per heavy atom. The van der Waals surface area contributed by atoms with Gasteiger partial charge in [-0.05, 0) is 43.5 Å². The molecule has 1 fully saturated rings. The van der Waals surface area contributed by atoms with Crippen molar-refractivity contribution in [2.45, 2.75) is 32.1 Å². The van der Waals surface area contributed by atoms with Crippen molar-refractivity contribution in [3.63, 3.8) is 0 Å². The van der Waals surface area contributed by atoms with Crippen molar-refractivity contribution in [1.82, 2.24) is 14.7 Å². The number of nitrogens with zero attached hydrogens (tertiary/aromatic N) is 3. The van der Waals surface area contributed by atoms with E-state index in [9.17, 15) is 8.42 Å². The largest absolute Gasteiger partial charge is 0.341 e. The van der Waals surface area contributed by atoms with Crippen LogP contribution in [0, 0.1) is 6.92 Å². The van der Waals surface area contributed by atoms with Crippen LogP contribution in [-0.2, 0) is 22.3 Å².